The number of amides is 2. The number of aliphatic hydroxyl groups excluding tert-OH is 1. The number of carbonyl (C=O) groups excluding carboxylic acids is 1. The molecule has 1 aliphatic rings. The summed E-state index contributed by atoms with van der Waals surface area (Å²) < 4.78 is 40.7. The summed E-state index contributed by atoms with van der Waals surface area (Å²) in [5, 5.41) is 14.5. The molecule has 8 heteroatoms. The van der Waals surface area contributed by atoms with E-state index in [1.165, 1.54) is 12.1 Å². The van der Waals surface area contributed by atoms with E-state index in [0.29, 0.717) is 6.54 Å². The predicted molar refractivity (Wildman–Crippen MR) is 77.0 cm³/mol. The molecule has 1 aromatic carbocycles. The van der Waals surface area contributed by atoms with Crippen molar-refractivity contribution in [3.63, 3.8) is 0 Å². The SMILES string of the molecule is O=C(NCc1ccc(OCC(F)(F)F)cc1)NCC1(CO)CC1. The van der Waals surface area contributed by atoms with Crippen LogP contribution in [-0.4, -0.2) is 37.1 Å². The monoisotopic (exact) mass is 332 g/mol. The van der Waals surface area contributed by atoms with Gasteiger partial charge in [0.25, 0.3) is 0 Å². The summed E-state index contributed by atoms with van der Waals surface area (Å²) in [6.07, 6.45) is -2.56. The molecule has 2 rings (SSSR count). The quantitative estimate of drug-likeness (QED) is 0.717. The number of hydrogen-bond donors (Lipinski definition) is 3. The van der Waals surface area contributed by atoms with Gasteiger partial charge in [0, 0.05) is 18.5 Å². The van der Waals surface area contributed by atoms with Gasteiger partial charge in [-0.15, -0.1) is 0 Å². The highest BCUT2D eigenvalue weighted by Gasteiger charge is 2.42. The molecule has 0 heterocycles. The van der Waals surface area contributed by atoms with Crippen LogP contribution in [0.25, 0.3) is 0 Å². The molecule has 128 valence electrons. The van der Waals surface area contributed by atoms with Crippen LogP contribution >= 0.6 is 0 Å². The van der Waals surface area contributed by atoms with Gasteiger partial charge in [-0.3, -0.25) is 0 Å². The van der Waals surface area contributed by atoms with Gasteiger partial charge in [-0.05, 0) is 30.5 Å². The molecule has 0 bridgehead atoms. The second-order valence-electron chi connectivity index (χ2n) is 5.74. The fraction of sp³-hybridized carbons (Fsp3) is 0.533. The lowest BCUT2D eigenvalue weighted by atomic mass is 10.1. The van der Waals surface area contributed by atoms with Crippen molar-refractivity contribution in [2.75, 3.05) is 19.8 Å². The van der Waals surface area contributed by atoms with E-state index in [-0.39, 0.29) is 30.3 Å². The Morgan fingerprint density at radius 2 is 1.87 bits per heavy atom. The summed E-state index contributed by atoms with van der Waals surface area (Å²) in [5.74, 6) is 0.120. The van der Waals surface area contributed by atoms with Gasteiger partial charge in [-0.1, -0.05) is 12.1 Å². The maximum Gasteiger partial charge on any atom is 0.422 e. The average molecular weight is 332 g/mol. The molecule has 0 spiro atoms. The van der Waals surface area contributed by atoms with Gasteiger partial charge in [-0.2, -0.15) is 13.2 Å². The lowest BCUT2D eigenvalue weighted by molar-refractivity contribution is -0.153. The second-order valence-corrected chi connectivity index (χ2v) is 5.74. The normalized spacial score (nSPS) is 15.8. The molecule has 0 saturated heterocycles. The number of ether oxygens (including phenoxy) is 1. The molecule has 1 saturated carbocycles. The number of rotatable bonds is 7. The molecular formula is C15H19F3N2O3. The van der Waals surface area contributed by atoms with E-state index in [2.05, 4.69) is 15.4 Å². The Bertz CT molecular complexity index is 528. The first kappa shape index (κ1) is 17.4. The molecule has 0 aliphatic heterocycles. The third-order valence-electron chi connectivity index (χ3n) is 3.70. The Kier molecular flexibility index (Phi) is 5.35. The largest absolute Gasteiger partial charge is 0.484 e. The summed E-state index contributed by atoms with van der Waals surface area (Å²) >= 11 is 0. The van der Waals surface area contributed by atoms with Crippen LogP contribution in [0.5, 0.6) is 5.75 Å². The first-order chi connectivity index (χ1) is 10.8. The van der Waals surface area contributed by atoms with E-state index in [9.17, 15) is 18.0 Å². The van der Waals surface area contributed by atoms with Crippen molar-refractivity contribution in [1.82, 2.24) is 10.6 Å². The zero-order valence-electron chi connectivity index (χ0n) is 12.4. The number of urea groups is 1. The Balaban J connectivity index is 1.70. The van der Waals surface area contributed by atoms with Crippen molar-refractivity contribution in [2.45, 2.75) is 25.6 Å². The van der Waals surface area contributed by atoms with E-state index >= 15 is 0 Å². The van der Waals surface area contributed by atoms with Crippen molar-refractivity contribution in [3.8, 4) is 5.75 Å². The van der Waals surface area contributed by atoms with Gasteiger partial charge in [0.05, 0.1) is 6.61 Å². The van der Waals surface area contributed by atoms with Crippen LogP contribution in [-0.2, 0) is 6.54 Å². The summed E-state index contributed by atoms with van der Waals surface area (Å²) in [4.78, 5) is 11.6. The first-order valence-electron chi connectivity index (χ1n) is 7.23. The first-order valence-corrected chi connectivity index (χ1v) is 7.23. The van der Waals surface area contributed by atoms with E-state index in [4.69, 9.17) is 5.11 Å². The van der Waals surface area contributed by atoms with Gasteiger partial charge < -0.3 is 20.5 Å². The second kappa shape index (κ2) is 7.08. The van der Waals surface area contributed by atoms with Crippen LogP contribution in [0.3, 0.4) is 0 Å². The summed E-state index contributed by atoms with van der Waals surface area (Å²) in [5.41, 5.74) is 0.581. The van der Waals surface area contributed by atoms with Gasteiger partial charge in [0.2, 0.25) is 0 Å². The number of alkyl halides is 3. The van der Waals surface area contributed by atoms with Gasteiger partial charge >= 0.3 is 12.2 Å². The van der Waals surface area contributed by atoms with Crippen molar-refractivity contribution in [2.24, 2.45) is 5.41 Å². The average Bonchev–Trinajstić information content (AvgIpc) is 3.30. The molecule has 1 aliphatic carbocycles. The van der Waals surface area contributed by atoms with E-state index in [1.807, 2.05) is 0 Å². The number of benzene rings is 1. The molecule has 1 aromatic rings. The molecule has 5 nitrogen and oxygen atoms in total. The van der Waals surface area contributed by atoms with Crippen molar-refractivity contribution < 1.29 is 27.8 Å². The topological polar surface area (TPSA) is 70.6 Å². The van der Waals surface area contributed by atoms with E-state index in [1.54, 1.807) is 12.1 Å². The molecule has 1 fully saturated rings. The molecule has 2 amide bonds. The molecule has 0 radical (unpaired) electrons. The summed E-state index contributed by atoms with van der Waals surface area (Å²) in [7, 11) is 0. The zero-order chi connectivity index (χ0) is 16.9. The van der Waals surface area contributed by atoms with Crippen LogP contribution in [0, 0.1) is 5.41 Å². The minimum Gasteiger partial charge on any atom is -0.484 e. The molecule has 23 heavy (non-hydrogen) atoms. The molecular weight excluding hydrogens is 313 g/mol. The Morgan fingerprint density at radius 3 is 2.39 bits per heavy atom. The Labute approximate surface area is 131 Å². The lowest BCUT2D eigenvalue weighted by Crippen LogP contribution is -2.39. The van der Waals surface area contributed by atoms with Gasteiger partial charge in [0.1, 0.15) is 5.75 Å². The summed E-state index contributed by atoms with van der Waals surface area (Å²) in [6.45, 7) is -0.594. The van der Waals surface area contributed by atoms with Crippen LogP contribution in [0.4, 0.5) is 18.0 Å². The third-order valence-corrected chi connectivity index (χ3v) is 3.70. The van der Waals surface area contributed by atoms with E-state index < -0.39 is 12.8 Å². The van der Waals surface area contributed by atoms with Gasteiger partial charge in [0.15, 0.2) is 6.61 Å². The van der Waals surface area contributed by atoms with Crippen molar-refractivity contribution in [1.29, 1.82) is 0 Å². The Morgan fingerprint density at radius 1 is 1.22 bits per heavy atom. The maximum absolute atomic E-state index is 12.0. The molecule has 0 unspecified atom stereocenters. The molecule has 0 aromatic heterocycles. The van der Waals surface area contributed by atoms with Crippen LogP contribution in [0.2, 0.25) is 0 Å². The number of nitrogens with one attached hydrogen (secondary N) is 2. The van der Waals surface area contributed by atoms with Crippen LogP contribution in [0.1, 0.15) is 18.4 Å². The Hall–Kier alpha value is -1.96. The van der Waals surface area contributed by atoms with Crippen LogP contribution in [0.15, 0.2) is 24.3 Å². The molecule has 3 N–H and O–H groups in total. The maximum atomic E-state index is 12.0. The highest BCUT2D eigenvalue weighted by Crippen LogP contribution is 2.44. The fourth-order valence-corrected chi connectivity index (χ4v) is 1.95. The number of hydrogen-bond acceptors (Lipinski definition) is 3. The van der Waals surface area contributed by atoms with Crippen molar-refractivity contribution >= 4 is 6.03 Å². The third kappa shape index (κ3) is 5.97. The zero-order valence-corrected chi connectivity index (χ0v) is 12.4. The fourth-order valence-electron chi connectivity index (χ4n) is 1.95. The van der Waals surface area contributed by atoms with E-state index in [0.717, 1.165) is 18.4 Å². The standard InChI is InChI=1S/C15H19F3N2O3/c16-15(17,18)10-23-12-3-1-11(2-4-12)7-19-13(22)20-8-14(9-21)5-6-14/h1-4,21H,5-10H2,(H2,19,20,22). The number of halogens is 3. The highest BCUT2D eigenvalue weighted by molar-refractivity contribution is 5.73. The van der Waals surface area contributed by atoms with Gasteiger partial charge in [-0.25, -0.2) is 4.79 Å². The number of carbonyl (C=O) groups is 1. The van der Waals surface area contributed by atoms with Crippen LogP contribution < -0.4 is 15.4 Å². The summed E-state index contributed by atoms with van der Waals surface area (Å²) in [6, 6.07) is 5.67. The predicted octanol–water partition coefficient (Wildman–Crippen LogP) is 2.20. The number of aliphatic hydroxyl groups is 1. The highest BCUT2D eigenvalue weighted by atomic mass is 19.4. The minimum absolute atomic E-state index is 0.0622. The minimum atomic E-state index is -4.37. The molecule has 0 atom stereocenters. The lowest BCUT2D eigenvalue weighted by Gasteiger charge is -2.13. The smallest absolute Gasteiger partial charge is 0.422 e. The van der Waals surface area contributed by atoms with Crippen molar-refractivity contribution in [3.05, 3.63) is 29.8 Å².